The molecule has 1 amide bonds. The molecule has 3 atom stereocenters. The third kappa shape index (κ3) is 4.42. The summed E-state index contributed by atoms with van der Waals surface area (Å²) in [6.07, 6.45) is 7.27. The normalized spacial score (nSPS) is 24.0. The highest BCUT2D eigenvalue weighted by Gasteiger charge is 2.27. The van der Waals surface area contributed by atoms with Crippen LogP contribution in [-0.4, -0.2) is 52.7 Å². The van der Waals surface area contributed by atoms with Gasteiger partial charge in [0.15, 0.2) is 5.16 Å². The number of nitrogens with one attached hydrogen (secondary N) is 1. The SMILES string of the molecule is C[C@H](Sc1nc2sc3c(c2c(=O)n1C[C@H]1CCCO1)CCC3)C(=O)NC[C@H]1CCCO1. The predicted octanol–water partition coefficient (Wildman–Crippen LogP) is 2.90. The number of amides is 1. The molecule has 3 aliphatic rings. The van der Waals surface area contributed by atoms with Gasteiger partial charge in [0.1, 0.15) is 4.83 Å². The van der Waals surface area contributed by atoms with Gasteiger partial charge >= 0.3 is 0 Å². The summed E-state index contributed by atoms with van der Waals surface area (Å²) < 4.78 is 13.2. The Morgan fingerprint density at radius 2 is 2.00 bits per heavy atom. The minimum Gasteiger partial charge on any atom is -0.376 e. The number of ether oxygens (including phenoxy) is 2. The van der Waals surface area contributed by atoms with Crippen LogP contribution in [0.3, 0.4) is 0 Å². The molecule has 1 N–H and O–H groups in total. The Hall–Kier alpha value is -1.42. The minimum atomic E-state index is -0.353. The average Bonchev–Trinajstić information content (AvgIpc) is 3.54. The lowest BCUT2D eigenvalue weighted by Crippen LogP contribution is -2.37. The van der Waals surface area contributed by atoms with E-state index in [-0.39, 0.29) is 28.9 Å². The van der Waals surface area contributed by atoms with Crippen LogP contribution in [0.1, 0.15) is 49.5 Å². The van der Waals surface area contributed by atoms with E-state index < -0.39 is 0 Å². The lowest BCUT2D eigenvalue weighted by atomic mass is 10.2. The van der Waals surface area contributed by atoms with Crippen LogP contribution in [-0.2, 0) is 33.7 Å². The van der Waals surface area contributed by atoms with E-state index in [4.69, 9.17) is 14.5 Å². The van der Waals surface area contributed by atoms with Crippen LogP contribution in [0.5, 0.6) is 0 Å². The monoisotopic (exact) mass is 463 g/mol. The Kier molecular flexibility index (Phi) is 6.37. The van der Waals surface area contributed by atoms with Crippen LogP contribution >= 0.6 is 23.1 Å². The zero-order valence-corrected chi connectivity index (χ0v) is 19.5. The second-order valence-electron chi connectivity index (χ2n) is 8.62. The van der Waals surface area contributed by atoms with Crippen molar-refractivity contribution in [3.63, 3.8) is 0 Å². The van der Waals surface area contributed by atoms with Gasteiger partial charge in [0, 0.05) is 24.6 Å². The zero-order chi connectivity index (χ0) is 21.4. The molecule has 9 heteroatoms. The molecule has 7 nitrogen and oxygen atoms in total. The number of thioether (sulfide) groups is 1. The fourth-order valence-corrected chi connectivity index (χ4v) is 6.92. The molecule has 2 fully saturated rings. The first-order chi connectivity index (χ1) is 15.1. The third-order valence-electron chi connectivity index (χ3n) is 6.38. The molecule has 0 unspecified atom stereocenters. The molecule has 0 bridgehead atoms. The second kappa shape index (κ2) is 9.21. The summed E-state index contributed by atoms with van der Waals surface area (Å²) in [5, 5.41) is 4.05. The Labute approximate surface area is 189 Å². The van der Waals surface area contributed by atoms with E-state index in [9.17, 15) is 9.59 Å². The second-order valence-corrected chi connectivity index (χ2v) is 11.0. The average molecular weight is 464 g/mol. The maximum Gasteiger partial charge on any atom is 0.263 e. The van der Waals surface area contributed by atoms with Gasteiger partial charge in [0.2, 0.25) is 5.91 Å². The number of nitrogens with zero attached hydrogens (tertiary/aromatic N) is 2. The Morgan fingerprint density at radius 3 is 2.74 bits per heavy atom. The van der Waals surface area contributed by atoms with Crippen molar-refractivity contribution in [3.05, 3.63) is 20.8 Å². The van der Waals surface area contributed by atoms with E-state index in [0.29, 0.717) is 18.2 Å². The van der Waals surface area contributed by atoms with Gasteiger partial charge in [0.25, 0.3) is 5.56 Å². The number of rotatable bonds is 7. The lowest BCUT2D eigenvalue weighted by Gasteiger charge is -2.18. The van der Waals surface area contributed by atoms with Gasteiger partial charge in [-0.2, -0.15) is 0 Å². The van der Waals surface area contributed by atoms with Crippen LogP contribution < -0.4 is 10.9 Å². The maximum atomic E-state index is 13.6. The number of hydrogen-bond donors (Lipinski definition) is 1. The van der Waals surface area contributed by atoms with Gasteiger partial charge in [-0.1, -0.05) is 11.8 Å². The molecule has 2 aromatic heterocycles. The van der Waals surface area contributed by atoms with Crippen LogP contribution in [0, 0.1) is 0 Å². The molecule has 2 aromatic rings. The standard InChI is InChI=1S/C22H29N3O4S2/c1-13(19(26)23-11-14-5-3-9-28-14)30-22-24-20-18(16-7-2-8-17(16)31-20)21(27)25(22)12-15-6-4-10-29-15/h13-15H,2-12H2,1H3,(H,23,26)/t13-,14+,15+/m0/s1. The highest BCUT2D eigenvalue weighted by Crippen LogP contribution is 2.36. The summed E-state index contributed by atoms with van der Waals surface area (Å²) >= 11 is 3.01. The molecule has 5 rings (SSSR count). The zero-order valence-electron chi connectivity index (χ0n) is 17.9. The maximum absolute atomic E-state index is 13.6. The summed E-state index contributed by atoms with van der Waals surface area (Å²) in [6.45, 7) is 4.43. The first kappa shape index (κ1) is 21.4. The van der Waals surface area contributed by atoms with Crippen molar-refractivity contribution < 1.29 is 14.3 Å². The van der Waals surface area contributed by atoms with Crippen molar-refractivity contribution in [2.24, 2.45) is 0 Å². The van der Waals surface area contributed by atoms with Crippen molar-refractivity contribution in [2.45, 2.75) is 81.0 Å². The van der Waals surface area contributed by atoms with Crippen molar-refractivity contribution in [1.82, 2.24) is 14.9 Å². The van der Waals surface area contributed by atoms with E-state index in [1.165, 1.54) is 22.2 Å². The van der Waals surface area contributed by atoms with E-state index in [1.807, 2.05) is 6.92 Å². The first-order valence-corrected chi connectivity index (χ1v) is 13.0. The van der Waals surface area contributed by atoms with E-state index in [2.05, 4.69) is 5.32 Å². The topological polar surface area (TPSA) is 82.5 Å². The number of carbonyl (C=O) groups excluding carboxylic acids is 1. The summed E-state index contributed by atoms with van der Waals surface area (Å²) in [5.41, 5.74) is 1.21. The van der Waals surface area contributed by atoms with E-state index in [0.717, 1.165) is 68.4 Å². The Bertz CT molecular complexity index is 1020. The molecule has 2 aliphatic heterocycles. The summed E-state index contributed by atoms with van der Waals surface area (Å²) in [6, 6.07) is 0. The molecule has 168 valence electrons. The fourth-order valence-electron chi connectivity index (χ4n) is 4.68. The number of thiophene rings is 1. The Morgan fingerprint density at radius 1 is 1.23 bits per heavy atom. The molecule has 31 heavy (non-hydrogen) atoms. The minimum absolute atomic E-state index is 0.0226. The largest absolute Gasteiger partial charge is 0.376 e. The molecule has 0 aromatic carbocycles. The van der Waals surface area contributed by atoms with Crippen molar-refractivity contribution in [3.8, 4) is 0 Å². The van der Waals surface area contributed by atoms with Crippen LogP contribution in [0.15, 0.2) is 9.95 Å². The Balaban J connectivity index is 1.40. The van der Waals surface area contributed by atoms with Gasteiger partial charge in [-0.25, -0.2) is 4.98 Å². The van der Waals surface area contributed by atoms with Gasteiger partial charge in [-0.3, -0.25) is 14.2 Å². The summed E-state index contributed by atoms with van der Waals surface area (Å²) in [5.74, 6) is -0.0489. The van der Waals surface area contributed by atoms with E-state index in [1.54, 1.807) is 15.9 Å². The fraction of sp³-hybridized carbons (Fsp3) is 0.682. The molecule has 0 radical (unpaired) electrons. The van der Waals surface area contributed by atoms with E-state index >= 15 is 0 Å². The molecule has 1 aliphatic carbocycles. The molecule has 2 saturated heterocycles. The van der Waals surface area contributed by atoms with Crippen LogP contribution in [0.4, 0.5) is 0 Å². The molecular weight excluding hydrogens is 434 g/mol. The van der Waals surface area contributed by atoms with Crippen molar-refractivity contribution in [1.29, 1.82) is 0 Å². The third-order valence-corrected chi connectivity index (χ3v) is 8.66. The van der Waals surface area contributed by atoms with Gasteiger partial charge in [-0.15, -0.1) is 11.3 Å². The lowest BCUT2D eigenvalue weighted by molar-refractivity contribution is -0.120. The first-order valence-electron chi connectivity index (χ1n) is 11.3. The molecule has 0 spiro atoms. The number of fused-ring (bicyclic) bond motifs is 3. The predicted molar refractivity (Wildman–Crippen MR) is 122 cm³/mol. The van der Waals surface area contributed by atoms with Crippen LogP contribution in [0.25, 0.3) is 10.2 Å². The highest BCUT2D eigenvalue weighted by atomic mass is 32.2. The summed E-state index contributed by atoms with van der Waals surface area (Å²) in [7, 11) is 0. The quantitative estimate of drug-likeness (QED) is 0.502. The van der Waals surface area contributed by atoms with Crippen molar-refractivity contribution in [2.75, 3.05) is 19.8 Å². The highest BCUT2D eigenvalue weighted by molar-refractivity contribution is 8.00. The molecule has 0 saturated carbocycles. The van der Waals surface area contributed by atoms with Gasteiger partial charge in [-0.05, 0) is 57.4 Å². The number of aromatic nitrogens is 2. The number of carbonyl (C=O) groups is 1. The van der Waals surface area contributed by atoms with Crippen LogP contribution in [0.2, 0.25) is 0 Å². The molecule has 4 heterocycles. The van der Waals surface area contributed by atoms with Crippen molar-refractivity contribution >= 4 is 39.2 Å². The van der Waals surface area contributed by atoms with Gasteiger partial charge in [0.05, 0.1) is 29.4 Å². The number of aryl methyl sites for hydroxylation is 2. The number of hydrogen-bond acceptors (Lipinski definition) is 7. The van der Waals surface area contributed by atoms with Gasteiger partial charge < -0.3 is 14.8 Å². The molecular formula is C22H29N3O4S2. The summed E-state index contributed by atoms with van der Waals surface area (Å²) in [4.78, 5) is 33.2. The smallest absolute Gasteiger partial charge is 0.263 e.